The lowest BCUT2D eigenvalue weighted by Gasteiger charge is -2.39. The lowest BCUT2D eigenvalue weighted by Crippen LogP contribution is -2.43. The molecule has 1 atom stereocenters. The second kappa shape index (κ2) is 5.17. The van der Waals surface area contributed by atoms with Gasteiger partial charge in [-0.1, -0.05) is 26.7 Å². The summed E-state index contributed by atoms with van der Waals surface area (Å²) in [5.74, 6) is 0. The molecule has 0 saturated heterocycles. The zero-order valence-electron chi connectivity index (χ0n) is 12.7. The van der Waals surface area contributed by atoms with Crippen molar-refractivity contribution < 1.29 is 0 Å². The first-order chi connectivity index (χ1) is 9.54. The third-order valence-corrected chi connectivity index (χ3v) is 4.55. The average Bonchev–Trinajstić information content (AvgIpc) is 2.76. The van der Waals surface area contributed by atoms with Crippen molar-refractivity contribution in [2.24, 2.45) is 5.41 Å². The summed E-state index contributed by atoms with van der Waals surface area (Å²) >= 11 is 0. The fraction of sp³-hybridized carbons (Fsp3) is 0.625. The van der Waals surface area contributed by atoms with Gasteiger partial charge in [-0.2, -0.15) is 5.10 Å². The monoisotopic (exact) mass is 272 g/mol. The third-order valence-electron chi connectivity index (χ3n) is 4.55. The molecule has 0 aliphatic heterocycles. The molecule has 1 aliphatic rings. The Morgan fingerprint density at radius 3 is 3.05 bits per heavy atom. The summed E-state index contributed by atoms with van der Waals surface area (Å²) in [5.41, 5.74) is 3.53. The maximum atomic E-state index is 4.46. The highest BCUT2D eigenvalue weighted by atomic mass is 15.2. The lowest BCUT2D eigenvalue weighted by molar-refractivity contribution is 0.166. The van der Waals surface area contributed by atoms with Gasteiger partial charge in [-0.3, -0.25) is 0 Å². The number of nitrogens with one attached hydrogen (secondary N) is 1. The van der Waals surface area contributed by atoms with Gasteiger partial charge in [0, 0.05) is 36.6 Å². The van der Waals surface area contributed by atoms with Crippen molar-refractivity contribution in [2.45, 2.75) is 59.0 Å². The molecule has 3 rings (SSSR count). The molecule has 0 bridgehead atoms. The van der Waals surface area contributed by atoms with Crippen LogP contribution >= 0.6 is 0 Å². The maximum Gasteiger partial charge on any atom is 0.155 e. The van der Waals surface area contributed by atoms with Gasteiger partial charge in [0.05, 0.1) is 5.69 Å². The minimum Gasteiger partial charge on any atom is -0.309 e. The van der Waals surface area contributed by atoms with Crippen LogP contribution in [0.1, 0.15) is 50.8 Å². The normalized spacial score (nSPS) is 22.2. The van der Waals surface area contributed by atoms with Crippen LogP contribution in [-0.4, -0.2) is 20.6 Å². The molecule has 0 spiro atoms. The first-order valence-corrected chi connectivity index (χ1v) is 7.59. The van der Waals surface area contributed by atoms with Crippen molar-refractivity contribution >= 4 is 5.65 Å². The highest BCUT2D eigenvalue weighted by Gasteiger charge is 2.31. The first kappa shape index (κ1) is 13.6. The molecule has 108 valence electrons. The van der Waals surface area contributed by atoms with E-state index in [-0.39, 0.29) is 0 Å². The second-order valence-electron chi connectivity index (χ2n) is 6.72. The van der Waals surface area contributed by atoms with Crippen LogP contribution in [-0.2, 0) is 6.54 Å². The predicted molar refractivity (Wildman–Crippen MR) is 80.6 cm³/mol. The van der Waals surface area contributed by atoms with E-state index in [0.717, 1.165) is 17.9 Å². The Hall–Kier alpha value is -1.42. The van der Waals surface area contributed by atoms with Crippen molar-refractivity contribution in [3.8, 4) is 0 Å². The van der Waals surface area contributed by atoms with E-state index < -0.39 is 0 Å². The fourth-order valence-electron chi connectivity index (χ4n) is 3.24. The number of hydrogen-bond acceptors (Lipinski definition) is 3. The maximum absolute atomic E-state index is 4.46. The van der Waals surface area contributed by atoms with Crippen LogP contribution < -0.4 is 5.32 Å². The van der Waals surface area contributed by atoms with E-state index in [2.05, 4.69) is 35.4 Å². The van der Waals surface area contributed by atoms with Crippen LogP contribution in [0.5, 0.6) is 0 Å². The van der Waals surface area contributed by atoms with Crippen molar-refractivity contribution in [1.82, 2.24) is 19.9 Å². The van der Waals surface area contributed by atoms with Gasteiger partial charge < -0.3 is 5.32 Å². The Labute approximate surface area is 120 Å². The van der Waals surface area contributed by atoms with E-state index in [9.17, 15) is 0 Å². The van der Waals surface area contributed by atoms with Crippen molar-refractivity contribution in [3.05, 3.63) is 29.7 Å². The van der Waals surface area contributed by atoms with Gasteiger partial charge >= 0.3 is 0 Å². The van der Waals surface area contributed by atoms with Crippen molar-refractivity contribution in [3.63, 3.8) is 0 Å². The van der Waals surface area contributed by atoms with Gasteiger partial charge in [-0.15, -0.1) is 0 Å². The molecule has 1 aliphatic carbocycles. The van der Waals surface area contributed by atoms with Gasteiger partial charge in [0.2, 0.25) is 0 Å². The molecule has 1 N–H and O–H groups in total. The summed E-state index contributed by atoms with van der Waals surface area (Å²) in [6.07, 6.45) is 9.35. The second-order valence-corrected chi connectivity index (χ2v) is 6.72. The molecule has 0 radical (unpaired) electrons. The van der Waals surface area contributed by atoms with Gasteiger partial charge in [0.1, 0.15) is 0 Å². The number of aromatic nitrogens is 3. The lowest BCUT2D eigenvalue weighted by atomic mass is 9.73. The topological polar surface area (TPSA) is 42.2 Å². The summed E-state index contributed by atoms with van der Waals surface area (Å²) in [6.45, 7) is 7.62. The summed E-state index contributed by atoms with van der Waals surface area (Å²) in [4.78, 5) is 4.46. The van der Waals surface area contributed by atoms with Crippen molar-refractivity contribution in [1.29, 1.82) is 0 Å². The standard InChI is InChI=1S/C16H24N4/c1-12-8-15-18-10-13(11-20(15)19-12)9-17-14-6-4-5-7-16(14,2)3/h8,10-11,14,17H,4-7,9H2,1-3H3. The molecule has 2 aromatic rings. The Morgan fingerprint density at radius 2 is 2.25 bits per heavy atom. The number of hydrogen-bond donors (Lipinski definition) is 1. The van der Waals surface area contributed by atoms with Crippen LogP contribution in [0.3, 0.4) is 0 Å². The van der Waals surface area contributed by atoms with Gasteiger partial charge in [0.15, 0.2) is 5.65 Å². The molecule has 1 fully saturated rings. The number of rotatable bonds is 3. The largest absolute Gasteiger partial charge is 0.309 e. The number of fused-ring (bicyclic) bond motifs is 1. The molecule has 2 heterocycles. The molecular weight excluding hydrogens is 248 g/mol. The molecule has 2 aromatic heterocycles. The minimum atomic E-state index is 0.401. The molecular formula is C16H24N4. The van der Waals surface area contributed by atoms with Crippen LogP contribution in [0, 0.1) is 12.3 Å². The molecule has 20 heavy (non-hydrogen) atoms. The molecule has 1 unspecified atom stereocenters. The Bertz CT molecular complexity index is 600. The van der Waals surface area contributed by atoms with E-state index in [0.29, 0.717) is 11.5 Å². The van der Waals surface area contributed by atoms with Crippen LogP contribution in [0.25, 0.3) is 5.65 Å². The summed E-state index contributed by atoms with van der Waals surface area (Å²) in [6, 6.07) is 2.60. The average molecular weight is 272 g/mol. The van der Waals surface area contributed by atoms with Gasteiger partial charge in [-0.25, -0.2) is 9.50 Å². The Morgan fingerprint density at radius 1 is 1.40 bits per heavy atom. The zero-order valence-corrected chi connectivity index (χ0v) is 12.7. The van der Waals surface area contributed by atoms with E-state index in [1.807, 2.05) is 23.7 Å². The van der Waals surface area contributed by atoms with Crippen LogP contribution in [0.15, 0.2) is 18.5 Å². The first-order valence-electron chi connectivity index (χ1n) is 7.59. The van der Waals surface area contributed by atoms with Gasteiger partial charge in [0.25, 0.3) is 0 Å². The molecule has 4 heteroatoms. The highest BCUT2D eigenvalue weighted by Crippen LogP contribution is 2.35. The summed E-state index contributed by atoms with van der Waals surface area (Å²) < 4.78 is 1.87. The molecule has 4 nitrogen and oxygen atoms in total. The van der Waals surface area contributed by atoms with E-state index in [1.54, 1.807) is 0 Å². The van der Waals surface area contributed by atoms with Gasteiger partial charge in [-0.05, 0) is 25.2 Å². The predicted octanol–water partition coefficient (Wildman–Crippen LogP) is 3.10. The SMILES string of the molecule is Cc1cc2ncc(CNC3CCCCC3(C)C)cn2n1. The van der Waals surface area contributed by atoms with E-state index in [4.69, 9.17) is 0 Å². The molecule has 1 saturated carbocycles. The van der Waals surface area contributed by atoms with Crippen LogP contribution in [0.4, 0.5) is 0 Å². The van der Waals surface area contributed by atoms with Crippen molar-refractivity contribution in [2.75, 3.05) is 0 Å². The van der Waals surface area contributed by atoms with E-state index >= 15 is 0 Å². The highest BCUT2D eigenvalue weighted by molar-refractivity contribution is 5.38. The molecule has 0 aromatic carbocycles. The Kier molecular flexibility index (Phi) is 3.50. The summed E-state index contributed by atoms with van der Waals surface area (Å²) in [5, 5.41) is 8.14. The quantitative estimate of drug-likeness (QED) is 0.933. The molecule has 0 amide bonds. The third kappa shape index (κ3) is 2.70. The van der Waals surface area contributed by atoms with Crippen LogP contribution in [0.2, 0.25) is 0 Å². The fourth-order valence-corrected chi connectivity index (χ4v) is 3.24. The van der Waals surface area contributed by atoms with E-state index in [1.165, 1.54) is 31.2 Å². The zero-order chi connectivity index (χ0) is 14.2. The Balaban J connectivity index is 1.70. The number of nitrogens with zero attached hydrogens (tertiary/aromatic N) is 3. The number of aryl methyl sites for hydroxylation is 1. The summed E-state index contributed by atoms with van der Waals surface area (Å²) in [7, 11) is 0. The minimum absolute atomic E-state index is 0.401. The smallest absolute Gasteiger partial charge is 0.155 e.